The van der Waals surface area contributed by atoms with E-state index in [0.717, 1.165) is 31.9 Å². The highest BCUT2D eigenvalue weighted by Crippen LogP contribution is 2.21. The Bertz CT molecular complexity index is 324. The van der Waals surface area contributed by atoms with Crippen molar-refractivity contribution in [2.45, 2.75) is 32.6 Å². The van der Waals surface area contributed by atoms with Gasteiger partial charge in [0, 0.05) is 20.3 Å². The average Bonchev–Trinajstić information content (AvgIpc) is 2.46. The van der Waals surface area contributed by atoms with Gasteiger partial charge < -0.3 is 14.8 Å². The van der Waals surface area contributed by atoms with Crippen LogP contribution in [0.1, 0.15) is 38.2 Å². The van der Waals surface area contributed by atoms with Gasteiger partial charge in [0.2, 0.25) is 0 Å². The van der Waals surface area contributed by atoms with Crippen LogP contribution in [0.15, 0.2) is 24.3 Å². The summed E-state index contributed by atoms with van der Waals surface area (Å²) in [5.41, 5.74) is 1.38. The van der Waals surface area contributed by atoms with Crippen molar-refractivity contribution in [3.05, 3.63) is 29.8 Å². The molecule has 3 heteroatoms. The second kappa shape index (κ2) is 9.82. The fraction of sp³-hybridized carbons (Fsp3) is 0.625. The first-order valence-corrected chi connectivity index (χ1v) is 7.20. The summed E-state index contributed by atoms with van der Waals surface area (Å²) >= 11 is 0. The summed E-state index contributed by atoms with van der Waals surface area (Å²) in [5.74, 6) is 1.57. The van der Waals surface area contributed by atoms with Gasteiger partial charge in [0.25, 0.3) is 0 Å². The summed E-state index contributed by atoms with van der Waals surface area (Å²) in [4.78, 5) is 0. The first-order valence-electron chi connectivity index (χ1n) is 7.20. The van der Waals surface area contributed by atoms with E-state index in [0.29, 0.717) is 12.5 Å². The number of nitrogens with one attached hydrogen (secondary N) is 1. The lowest BCUT2D eigenvalue weighted by Crippen LogP contribution is -2.22. The van der Waals surface area contributed by atoms with Crippen LogP contribution in [0.3, 0.4) is 0 Å². The molecule has 108 valence electrons. The van der Waals surface area contributed by atoms with Crippen LogP contribution in [-0.4, -0.2) is 33.4 Å². The molecule has 1 rings (SSSR count). The van der Waals surface area contributed by atoms with Crippen molar-refractivity contribution < 1.29 is 9.47 Å². The van der Waals surface area contributed by atoms with Crippen molar-refractivity contribution >= 4 is 0 Å². The molecule has 1 aromatic carbocycles. The first-order chi connectivity index (χ1) is 9.27. The third-order valence-corrected chi connectivity index (χ3v) is 3.31. The minimum Gasteiger partial charge on any atom is -0.492 e. The SMILES string of the molecule is CCC(C)c1ccc(OCCNCCCOC)cc1. The Labute approximate surface area is 117 Å². The molecule has 1 aromatic rings. The van der Waals surface area contributed by atoms with Crippen molar-refractivity contribution in [3.8, 4) is 5.75 Å². The van der Waals surface area contributed by atoms with Crippen LogP contribution in [0.4, 0.5) is 0 Å². The number of methoxy groups -OCH3 is 1. The van der Waals surface area contributed by atoms with Crippen LogP contribution in [0.2, 0.25) is 0 Å². The van der Waals surface area contributed by atoms with Crippen molar-refractivity contribution in [2.24, 2.45) is 0 Å². The molecule has 3 nitrogen and oxygen atoms in total. The molecule has 0 spiro atoms. The van der Waals surface area contributed by atoms with Gasteiger partial charge in [-0.25, -0.2) is 0 Å². The Kier molecular flexibility index (Phi) is 8.26. The number of hydrogen-bond donors (Lipinski definition) is 1. The lowest BCUT2D eigenvalue weighted by Gasteiger charge is -2.11. The minimum absolute atomic E-state index is 0.622. The topological polar surface area (TPSA) is 30.5 Å². The van der Waals surface area contributed by atoms with E-state index in [4.69, 9.17) is 9.47 Å². The van der Waals surface area contributed by atoms with E-state index in [-0.39, 0.29) is 0 Å². The average molecular weight is 265 g/mol. The summed E-state index contributed by atoms with van der Waals surface area (Å²) in [6.45, 7) is 7.83. The number of ether oxygens (including phenoxy) is 2. The summed E-state index contributed by atoms with van der Waals surface area (Å²) in [5, 5.41) is 3.32. The first kappa shape index (κ1) is 16.0. The van der Waals surface area contributed by atoms with E-state index in [1.807, 2.05) is 0 Å². The smallest absolute Gasteiger partial charge is 0.119 e. The zero-order valence-electron chi connectivity index (χ0n) is 12.4. The molecule has 0 aliphatic rings. The van der Waals surface area contributed by atoms with Crippen molar-refractivity contribution in [1.82, 2.24) is 5.32 Å². The van der Waals surface area contributed by atoms with E-state index in [1.165, 1.54) is 12.0 Å². The molecule has 0 amide bonds. The molecule has 0 aliphatic carbocycles. The number of benzene rings is 1. The monoisotopic (exact) mass is 265 g/mol. The van der Waals surface area contributed by atoms with Crippen LogP contribution in [0.25, 0.3) is 0 Å². The summed E-state index contributed by atoms with van der Waals surface area (Å²) in [6.07, 6.45) is 2.21. The maximum absolute atomic E-state index is 5.69. The van der Waals surface area contributed by atoms with Crippen molar-refractivity contribution in [1.29, 1.82) is 0 Å². The van der Waals surface area contributed by atoms with E-state index in [2.05, 4.69) is 43.4 Å². The Morgan fingerprint density at radius 2 is 1.84 bits per heavy atom. The highest BCUT2D eigenvalue weighted by molar-refractivity contribution is 5.29. The number of rotatable bonds is 10. The zero-order valence-corrected chi connectivity index (χ0v) is 12.4. The standard InChI is InChI=1S/C16H27NO2/c1-4-14(2)15-6-8-16(9-7-15)19-13-11-17-10-5-12-18-3/h6-9,14,17H,4-5,10-13H2,1-3H3. The van der Waals surface area contributed by atoms with Crippen LogP contribution in [0.5, 0.6) is 5.75 Å². The van der Waals surface area contributed by atoms with Crippen LogP contribution in [0, 0.1) is 0 Å². The second-order valence-corrected chi connectivity index (χ2v) is 4.82. The molecule has 0 aliphatic heterocycles. The van der Waals surface area contributed by atoms with Gasteiger partial charge in [0.05, 0.1) is 0 Å². The fourth-order valence-corrected chi connectivity index (χ4v) is 1.84. The normalized spacial score (nSPS) is 12.4. The highest BCUT2D eigenvalue weighted by atomic mass is 16.5. The quantitative estimate of drug-likeness (QED) is 0.659. The van der Waals surface area contributed by atoms with Gasteiger partial charge in [0.1, 0.15) is 12.4 Å². The molecular formula is C16H27NO2. The van der Waals surface area contributed by atoms with E-state index >= 15 is 0 Å². The van der Waals surface area contributed by atoms with Gasteiger partial charge in [-0.1, -0.05) is 26.0 Å². The molecule has 1 unspecified atom stereocenters. The maximum atomic E-state index is 5.69. The molecule has 0 aromatic heterocycles. The Morgan fingerprint density at radius 3 is 2.47 bits per heavy atom. The molecule has 0 bridgehead atoms. The largest absolute Gasteiger partial charge is 0.492 e. The molecule has 0 radical (unpaired) electrons. The van der Waals surface area contributed by atoms with Crippen LogP contribution >= 0.6 is 0 Å². The molecular weight excluding hydrogens is 238 g/mol. The van der Waals surface area contributed by atoms with Crippen LogP contribution < -0.4 is 10.1 Å². The van der Waals surface area contributed by atoms with E-state index in [9.17, 15) is 0 Å². The van der Waals surface area contributed by atoms with E-state index in [1.54, 1.807) is 7.11 Å². The molecule has 0 heterocycles. The van der Waals surface area contributed by atoms with Gasteiger partial charge in [-0.15, -0.1) is 0 Å². The van der Waals surface area contributed by atoms with E-state index < -0.39 is 0 Å². The van der Waals surface area contributed by atoms with Crippen molar-refractivity contribution in [3.63, 3.8) is 0 Å². The third-order valence-electron chi connectivity index (χ3n) is 3.31. The van der Waals surface area contributed by atoms with Crippen molar-refractivity contribution in [2.75, 3.05) is 33.4 Å². The van der Waals surface area contributed by atoms with Crippen LogP contribution in [-0.2, 0) is 4.74 Å². The fourth-order valence-electron chi connectivity index (χ4n) is 1.84. The Morgan fingerprint density at radius 1 is 1.11 bits per heavy atom. The lowest BCUT2D eigenvalue weighted by molar-refractivity contribution is 0.193. The zero-order chi connectivity index (χ0) is 13.9. The summed E-state index contributed by atoms with van der Waals surface area (Å²) < 4.78 is 10.7. The molecule has 19 heavy (non-hydrogen) atoms. The molecule has 1 atom stereocenters. The second-order valence-electron chi connectivity index (χ2n) is 4.82. The van der Waals surface area contributed by atoms with Gasteiger partial charge in [-0.3, -0.25) is 0 Å². The third kappa shape index (κ3) is 6.60. The predicted molar refractivity (Wildman–Crippen MR) is 80.0 cm³/mol. The van der Waals surface area contributed by atoms with Gasteiger partial charge in [-0.2, -0.15) is 0 Å². The Balaban J connectivity index is 2.16. The maximum Gasteiger partial charge on any atom is 0.119 e. The molecule has 0 fully saturated rings. The molecule has 0 saturated heterocycles. The summed E-state index contributed by atoms with van der Waals surface area (Å²) in [6, 6.07) is 8.45. The van der Waals surface area contributed by atoms with Gasteiger partial charge >= 0.3 is 0 Å². The lowest BCUT2D eigenvalue weighted by atomic mass is 9.99. The number of hydrogen-bond acceptors (Lipinski definition) is 3. The predicted octanol–water partition coefficient (Wildman–Crippen LogP) is 3.21. The molecule has 1 N–H and O–H groups in total. The highest BCUT2D eigenvalue weighted by Gasteiger charge is 2.02. The summed E-state index contributed by atoms with van der Waals surface area (Å²) in [7, 11) is 1.73. The van der Waals surface area contributed by atoms with Gasteiger partial charge in [0.15, 0.2) is 0 Å². The molecule has 0 saturated carbocycles. The minimum atomic E-state index is 0.622. The Hall–Kier alpha value is -1.06. The van der Waals surface area contributed by atoms with Gasteiger partial charge in [-0.05, 0) is 43.0 Å².